The molecule has 2 N–H and O–H groups in total. The molecule has 9 heteroatoms. The molecule has 2 aromatic carbocycles. The fraction of sp³-hybridized carbons (Fsp3) is 0.167. The summed E-state index contributed by atoms with van der Waals surface area (Å²) in [5.41, 5.74) is 0.303. The summed E-state index contributed by atoms with van der Waals surface area (Å²) in [6.07, 6.45) is 1.02. The van der Waals surface area contributed by atoms with Gasteiger partial charge in [0.25, 0.3) is 0 Å². The number of rotatable bonds is 5. The van der Waals surface area contributed by atoms with Crippen molar-refractivity contribution in [3.63, 3.8) is 0 Å². The molecule has 0 saturated carbocycles. The van der Waals surface area contributed by atoms with E-state index in [9.17, 15) is 22.4 Å². The number of nitrogens with one attached hydrogen (secondary N) is 2. The number of hydrogen-bond acceptors (Lipinski definition) is 5. The molecule has 0 radical (unpaired) electrons. The van der Waals surface area contributed by atoms with Crippen LogP contribution >= 0.6 is 0 Å². The standard InChI is InChI=1S/C18H16FN3O4S/c1-27(25,26)11-16(12-5-3-2-4-6-12)22-18(24)17(23)21-14-7-8-15(19)13(9-14)10-20/h2-9,16H,11H2,1H3,(H,21,23)(H,22,24)/t16-/m0/s1. The van der Waals surface area contributed by atoms with Crippen LogP contribution in [-0.2, 0) is 19.4 Å². The van der Waals surface area contributed by atoms with Gasteiger partial charge in [0.05, 0.1) is 17.4 Å². The van der Waals surface area contributed by atoms with E-state index in [1.807, 2.05) is 0 Å². The minimum absolute atomic E-state index is 0.0625. The third-order valence-corrected chi connectivity index (χ3v) is 4.47. The summed E-state index contributed by atoms with van der Waals surface area (Å²) in [5, 5.41) is 13.4. The van der Waals surface area contributed by atoms with E-state index in [1.54, 1.807) is 36.4 Å². The fourth-order valence-corrected chi connectivity index (χ4v) is 3.19. The van der Waals surface area contributed by atoms with Gasteiger partial charge in [0, 0.05) is 11.9 Å². The van der Waals surface area contributed by atoms with E-state index in [0.29, 0.717) is 5.56 Å². The number of amides is 2. The van der Waals surface area contributed by atoms with Crippen molar-refractivity contribution < 1.29 is 22.4 Å². The Morgan fingerprint density at radius 3 is 2.41 bits per heavy atom. The number of anilines is 1. The first kappa shape index (κ1) is 20.1. The molecular weight excluding hydrogens is 373 g/mol. The molecule has 7 nitrogen and oxygen atoms in total. The molecule has 2 rings (SSSR count). The van der Waals surface area contributed by atoms with Gasteiger partial charge in [-0.3, -0.25) is 9.59 Å². The number of sulfone groups is 1. The van der Waals surface area contributed by atoms with Crippen molar-refractivity contribution in [1.82, 2.24) is 5.32 Å². The number of carbonyl (C=O) groups is 2. The molecule has 0 aliphatic heterocycles. The number of carbonyl (C=O) groups excluding carboxylic acids is 2. The minimum Gasteiger partial charge on any atom is -0.340 e. The molecule has 0 unspecified atom stereocenters. The zero-order chi connectivity index (χ0) is 20.0. The van der Waals surface area contributed by atoms with E-state index in [1.165, 1.54) is 6.07 Å². The smallest absolute Gasteiger partial charge is 0.313 e. The molecule has 2 amide bonds. The molecule has 0 saturated heterocycles. The highest BCUT2D eigenvalue weighted by Gasteiger charge is 2.23. The van der Waals surface area contributed by atoms with Gasteiger partial charge in [-0.2, -0.15) is 5.26 Å². The monoisotopic (exact) mass is 389 g/mol. The van der Waals surface area contributed by atoms with Gasteiger partial charge < -0.3 is 10.6 Å². The summed E-state index contributed by atoms with van der Waals surface area (Å²) in [7, 11) is -3.44. The summed E-state index contributed by atoms with van der Waals surface area (Å²) in [4.78, 5) is 24.3. The van der Waals surface area contributed by atoms with Crippen LogP contribution in [0, 0.1) is 17.1 Å². The average Bonchev–Trinajstić information content (AvgIpc) is 2.62. The van der Waals surface area contributed by atoms with Crippen LogP contribution in [0.15, 0.2) is 48.5 Å². The van der Waals surface area contributed by atoms with Gasteiger partial charge in [0.2, 0.25) is 0 Å². The number of halogens is 1. The van der Waals surface area contributed by atoms with Gasteiger partial charge in [0.1, 0.15) is 21.7 Å². The van der Waals surface area contributed by atoms with Crippen molar-refractivity contribution >= 4 is 27.3 Å². The van der Waals surface area contributed by atoms with E-state index < -0.39 is 33.5 Å². The Hall–Kier alpha value is -3.25. The van der Waals surface area contributed by atoms with E-state index in [-0.39, 0.29) is 17.0 Å². The molecule has 1 atom stereocenters. The molecule has 0 aromatic heterocycles. The zero-order valence-corrected chi connectivity index (χ0v) is 15.1. The Balaban J connectivity index is 2.14. The Morgan fingerprint density at radius 1 is 1.15 bits per heavy atom. The molecule has 2 aromatic rings. The SMILES string of the molecule is CS(=O)(=O)C[C@H](NC(=O)C(=O)Nc1ccc(F)c(C#N)c1)c1ccccc1. The lowest BCUT2D eigenvalue weighted by atomic mass is 10.1. The quantitative estimate of drug-likeness (QED) is 0.753. The van der Waals surface area contributed by atoms with Gasteiger partial charge in [0.15, 0.2) is 0 Å². The van der Waals surface area contributed by atoms with Crippen molar-refractivity contribution in [2.75, 3.05) is 17.3 Å². The summed E-state index contributed by atoms with van der Waals surface area (Å²) in [6.45, 7) is 0. The van der Waals surface area contributed by atoms with Gasteiger partial charge in [-0.1, -0.05) is 30.3 Å². The van der Waals surface area contributed by atoms with Crippen molar-refractivity contribution in [2.45, 2.75) is 6.04 Å². The molecule has 27 heavy (non-hydrogen) atoms. The lowest BCUT2D eigenvalue weighted by Crippen LogP contribution is -2.40. The van der Waals surface area contributed by atoms with Gasteiger partial charge in [-0.15, -0.1) is 0 Å². The molecule has 0 aliphatic carbocycles. The normalized spacial score (nSPS) is 11.9. The topological polar surface area (TPSA) is 116 Å². The Labute approximate surface area is 155 Å². The number of hydrogen-bond donors (Lipinski definition) is 2. The maximum Gasteiger partial charge on any atom is 0.313 e. The van der Waals surface area contributed by atoms with Crippen LogP contribution in [0.25, 0.3) is 0 Å². The first-order valence-corrected chi connectivity index (χ1v) is 9.80. The van der Waals surface area contributed by atoms with Crippen LogP contribution < -0.4 is 10.6 Å². The molecule has 140 valence electrons. The van der Waals surface area contributed by atoms with Crippen LogP contribution in [0.1, 0.15) is 17.2 Å². The molecular formula is C18H16FN3O4S. The molecule has 0 heterocycles. The van der Waals surface area contributed by atoms with E-state index >= 15 is 0 Å². The lowest BCUT2D eigenvalue weighted by molar-refractivity contribution is -0.136. The lowest BCUT2D eigenvalue weighted by Gasteiger charge is -2.18. The highest BCUT2D eigenvalue weighted by atomic mass is 32.2. The van der Waals surface area contributed by atoms with Crippen molar-refractivity contribution in [3.8, 4) is 6.07 Å². The Bertz CT molecular complexity index is 1000. The summed E-state index contributed by atoms with van der Waals surface area (Å²) in [6, 6.07) is 12.3. The van der Waals surface area contributed by atoms with Crippen molar-refractivity contribution in [3.05, 3.63) is 65.5 Å². The Morgan fingerprint density at radius 2 is 1.81 bits per heavy atom. The predicted molar refractivity (Wildman–Crippen MR) is 96.8 cm³/mol. The molecule has 0 fully saturated rings. The largest absolute Gasteiger partial charge is 0.340 e. The van der Waals surface area contributed by atoms with Crippen LogP contribution in [0.4, 0.5) is 10.1 Å². The number of benzene rings is 2. The minimum atomic E-state index is -3.44. The third kappa shape index (κ3) is 5.90. The first-order valence-electron chi connectivity index (χ1n) is 7.74. The maximum atomic E-state index is 13.3. The highest BCUT2D eigenvalue weighted by molar-refractivity contribution is 7.90. The van der Waals surface area contributed by atoms with Crippen molar-refractivity contribution in [2.24, 2.45) is 0 Å². The fourth-order valence-electron chi connectivity index (χ4n) is 2.31. The first-order chi connectivity index (χ1) is 12.7. The molecule has 0 spiro atoms. The molecule has 0 aliphatic rings. The summed E-state index contributed by atoms with van der Waals surface area (Å²) >= 11 is 0. The second-order valence-corrected chi connectivity index (χ2v) is 7.97. The van der Waals surface area contributed by atoms with Crippen LogP contribution in [0.5, 0.6) is 0 Å². The van der Waals surface area contributed by atoms with E-state index in [0.717, 1.165) is 18.4 Å². The van der Waals surface area contributed by atoms with Gasteiger partial charge in [-0.25, -0.2) is 12.8 Å². The predicted octanol–water partition coefficient (Wildman–Crippen LogP) is 1.54. The number of nitriles is 1. The van der Waals surface area contributed by atoms with Gasteiger partial charge in [-0.05, 0) is 23.8 Å². The van der Waals surface area contributed by atoms with Crippen LogP contribution in [0.2, 0.25) is 0 Å². The van der Waals surface area contributed by atoms with Crippen molar-refractivity contribution in [1.29, 1.82) is 5.26 Å². The zero-order valence-electron chi connectivity index (χ0n) is 14.3. The third-order valence-electron chi connectivity index (χ3n) is 3.53. The molecule has 0 bridgehead atoms. The second kappa shape index (κ2) is 8.42. The van der Waals surface area contributed by atoms with E-state index in [4.69, 9.17) is 5.26 Å². The second-order valence-electron chi connectivity index (χ2n) is 5.79. The average molecular weight is 389 g/mol. The summed E-state index contributed by atoms with van der Waals surface area (Å²) in [5.74, 6) is -3.27. The van der Waals surface area contributed by atoms with Crippen LogP contribution in [-0.4, -0.2) is 32.2 Å². The van der Waals surface area contributed by atoms with E-state index in [2.05, 4.69) is 10.6 Å². The highest BCUT2D eigenvalue weighted by Crippen LogP contribution is 2.16. The Kier molecular flexibility index (Phi) is 6.26. The van der Waals surface area contributed by atoms with Crippen LogP contribution in [0.3, 0.4) is 0 Å². The maximum absolute atomic E-state index is 13.3. The number of nitrogens with zero attached hydrogens (tertiary/aromatic N) is 1. The van der Waals surface area contributed by atoms with Gasteiger partial charge >= 0.3 is 11.8 Å². The summed E-state index contributed by atoms with van der Waals surface area (Å²) < 4.78 is 36.6.